The van der Waals surface area contributed by atoms with Crippen molar-refractivity contribution in [1.29, 1.82) is 0 Å². The molecule has 0 amide bonds. The molecule has 0 fully saturated rings. The average molecular weight is 239 g/mol. The summed E-state index contributed by atoms with van der Waals surface area (Å²) in [6.45, 7) is 4.05. The van der Waals surface area contributed by atoms with Crippen LogP contribution in [0.4, 0.5) is 0 Å². The van der Waals surface area contributed by atoms with Crippen molar-refractivity contribution in [3.8, 4) is 0 Å². The van der Waals surface area contributed by atoms with E-state index in [4.69, 9.17) is 4.74 Å². The molecule has 0 aliphatic rings. The summed E-state index contributed by atoms with van der Waals surface area (Å²) < 4.78 is 6.96. The fraction of sp³-hybridized carbons (Fsp3) is 0.769. The molecule has 1 N–H and O–H groups in total. The number of rotatable bonds is 9. The van der Waals surface area contributed by atoms with Crippen molar-refractivity contribution < 1.29 is 4.74 Å². The molecule has 98 valence electrons. The molecule has 4 nitrogen and oxygen atoms in total. The molecule has 1 unspecified atom stereocenters. The van der Waals surface area contributed by atoms with Crippen molar-refractivity contribution in [2.45, 2.75) is 38.6 Å². The number of hydrogen-bond acceptors (Lipinski definition) is 3. The van der Waals surface area contributed by atoms with Crippen molar-refractivity contribution in [2.24, 2.45) is 7.05 Å². The van der Waals surface area contributed by atoms with Crippen LogP contribution in [0.2, 0.25) is 0 Å². The quantitative estimate of drug-likeness (QED) is 0.667. The van der Waals surface area contributed by atoms with Gasteiger partial charge in [-0.25, -0.2) is 0 Å². The Hall–Kier alpha value is -0.870. The third-order valence-electron chi connectivity index (χ3n) is 2.93. The van der Waals surface area contributed by atoms with Gasteiger partial charge in [-0.05, 0) is 37.8 Å². The highest BCUT2D eigenvalue weighted by Crippen LogP contribution is 2.08. The summed E-state index contributed by atoms with van der Waals surface area (Å²) >= 11 is 0. The summed E-state index contributed by atoms with van der Waals surface area (Å²) in [5.41, 5.74) is 1.32. The van der Waals surface area contributed by atoms with Crippen LogP contribution in [-0.4, -0.2) is 36.1 Å². The van der Waals surface area contributed by atoms with E-state index in [1.54, 1.807) is 7.11 Å². The molecule has 1 rings (SSSR count). The summed E-state index contributed by atoms with van der Waals surface area (Å²) in [6, 6.07) is 0.593. The summed E-state index contributed by atoms with van der Waals surface area (Å²) in [7, 11) is 3.72. The van der Waals surface area contributed by atoms with Gasteiger partial charge < -0.3 is 10.1 Å². The lowest BCUT2D eigenvalue weighted by atomic mass is 10.0. The highest BCUT2D eigenvalue weighted by molar-refractivity contribution is 5.03. The fourth-order valence-corrected chi connectivity index (χ4v) is 2.05. The minimum Gasteiger partial charge on any atom is -0.385 e. The Labute approximate surface area is 104 Å². The van der Waals surface area contributed by atoms with Gasteiger partial charge in [0, 0.05) is 33.0 Å². The Morgan fingerprint density at radius 1 is 1.47 bits per heavy atom. The predicted molar refractivity (Wildman–Crippen MR) is 70.1 cm³/mol. The van der Waals surface area contributed by atoms with Gasteiger partial charge in [-0.2, -0.15) is 5.10 Å². The van der Waals surface area contributed by atoms with E-state index < -0.39 is 0 Å². The van der Waals surface area contributed by atoms with E-state index in [0.717, 1.165) is 26.0 Å². The predicted octanol–water partition coefficient (Wildman–Crippen LogP) is 1.76. The van der Waals surface area contributed by atoms with Crippen LogP contribution in [0.15, 0.2) is 12.4 Å². The number of nitrogens with one attached hydrogen (secondary N) is 1. The van der Waals surface area contributed by atoms with Gasteiger partial charge in [0.15, 0.2) is 0 Å². The lowest BCUT2D eigenvalue weighted by Crippen LogP contribution is -2.29. The summed E-state index contributed by atoms with van der Waals surface area (Å²) in [4.78, 5) is 0. The highest BCUT2D eigenvalue weighted by atomic mass is 16.5. The van der Waals surface area contributed by atoms with Gasteiger partial charge in [0.1, 0.15) is 0 Å². The number of ether oxygens (including phenoxy) is 1. The summed E-state index contributed by atoms with van der Waals surface area (Å²) in [5.74, 6) is 0. The Morgan fingerprint density at radius 2 is 2.29 bits per heavy atom. The molecule has 4 heteroatoms. The Morgan fingerprint density at radius 3 is 2.88 bits per heavy atom. The van der Waals surface area contributed by atoms with Crippen molar-refractivity contribution in [3.05, 3.63) is 18.0 Å². The molecular formula is C13H25N3O. The largest absolute Gasteiger partial charge is 0.385 e. The molecule has 0 spiro atoms. The van der Waals surface area contributed by atoms with Crippen LogP contribution in [0.5, 0.6) is 0 Å². The Balaban J connectivity index is 2.27. The smallest absolute Gasteiger partial charge is 0.0521 e. The van der Waals surface area contributed by atoms with E-state index in [9.17, 15) is 0 Å². The maximum absolute atomic E-state index is 5.10. The fourth-order valence-electron chi connectivity index (χ4n) is 2.05. The standard InChI is InChI=1S/C13H25N3O/c1-4-14-13(6-5-9-17-3)8-7-12-10-15-16(2)11-12/h10-11,13-14H,4-9H2,1-3H3. The van der Waals surface area contributed by atoms with Crippen LogP contribution in [0.25, 0.3) is 0 Å². The molecule has 0 saturated carbocycles. The van der Waals surface area contributed by atoms with Crippen molar-refractivity contribution >= 4 is 0 Å². The number of methoxy groups -OCH3 is 1. The summed E-state index contributed by atoms with van der Waals surface area (Å²) in [6.07, 6.45) is 8.63. The lowest BCUT2D eigenvalue weighted by molar-refractivity contribution is 0.188. The van der Waals surface area contributed by atoms with E-state index >= 15 is 0 Å². The van der Waals surface area contributed by atoms with Gasteiger partial charge in [0.05, 0.1) is 6.20 Å². The van der Waals surface area contributed by atoms with E-state index in [-0.39, 0.29) is 0 Å². The molecule has 1 heterocycles. The van der Waals surface area contributed by atoms with Gasteiger partial charge in [-0.1, -0.05) is 6.92 Å². The van der Waals surface area contributed by atoms with Crippen LogP contribution in [0, 0.1) is 0 Å². The molecule has 1 aromatic heterocycles. The monoisotopic (exact) mass is 239 g/mol. The third-order valence-corrected chi connectivity index (χ3v) is 2.93. The van der Waals surface area contributed by atoms with Gasteiger partial charge in [-0.15, -0.1) is 0 Å². The molecule has 0 saturated heterocycles. The van der Waals surface area contributed by atoms with Crippen molar-refractivity contribution in [2.75, 3.05) is 20.3 Å². The minimum atomic E-state index is 0.593. The first kappa shape index (κ1) is 14.2. The molecule has 0 aliphatic carbocycles. The molecule has 17 heavy (non-hydrogen) atoms. The molecule has 0 aliphatic heterocycles. The number of nitrogens with zero attached hydrogens (tertiary/aromatic N) is 2. The first-order chi connectivity index (χ1) is 8.26. The van der Waals surface area contributed by atoms with E-state index in [1.165, 1.54) is 18.4 Å². The van der Waals surface area contributed by atoms with Crippen LogP contribution in [0.3, 0.4) is 0 Å². The molecule has 1 aromatic rings. The zero-order valence-corrected chi connectivity index (χ0v) is 11.3. The van der Waals surface area contributed by atoms with Gasteiger partial charge >= 0.3 is 0 Å². The van der Waals surface area contributed by atoms with Crippen molar-refractivity contribution in [1.82, 2.24) is 15.1 Å². The van der Waals surface area contributed by atoms with Crippen LogP contribution >= 0.6 is 0 Å². The van der Waals surface area contributed by atoms with Crippen LogP contribution < -0.4 is 5.32 Å². The first-order valence-electron chi connectivity index (χ1n) is 6.46. The summed E-state index contributed by atoms with van der Waals surface area (Å²) in [5, 5.41) is 7.73. The maximum atomic E-state index is 5.10. The maximum Gasteiger partial charge on any atom is 0.0521 e. The Bertz CT molecular complexity index is 299. The first-order valence-corrected chi connectivity index (χ1v) is 6.46. The zero-order valence-electron chi connectivity index (χ0n) is 11.3. The SMILES string of the molecule is CCNC(CCCOC)CCc1cnn(C)c1. The van der Waals surface area contributed by atoms with Gasteiger partial charge in [0.25, 0.3) is 0 Å². The molecule has 0 radical (unpaired) electrons. The normalized spacial score (nSPS) is 12.9. The van der Waals surface area contributed by atoms with E-state index in [2.05, 4.69) is 23.5 Å². The highest BCUT2D eigenvalue weighted by Gasteiger charge is 2.07. The lowest BCUT2D eigenvalue weighted by Gasteiger charge is -2.17. The topological polar surface area (TPSA) is 39.1 Å². The zero-order chi connectivity index (χ0) is 12.5. The van der Waals surface area contributed by atoms with Crippen LogP contribution in [0.1, 0.15) is 31.7 Å². The molecular weight excluding hydrogens is 214 g/mol. The van der Waals surface area contributed by atoms with E-state index in [1.807, 2.05) is 17.9 Å². The van der Waals surface area contributed by atoms with Crippen molar-refractivity contribution in [3.63, 3.8) is 0 Å². The second-order valence-corrected chi connectivity index (χ2v) is 4.45. The molecule has 0 aromatic carbocycles. The number of aromatic nitrogens is 2. The number of aryl methyl sites for hydroxylation is 2. The third kappa shape index (κ3) is 5.84. The van der Waals surface area contributed by atoms with Gasteiger partial charge in [0.2, 0.25) is 0 Å². The number of hydrogen-bond donors (Lipinski definition) is 1. The average Bonchev–Trinajstić information content (AvgIpc) is 2.72. The second kappa shape index (κ2) is 8.25. The minimum absolute atomic E-state index is 0.593. The molecule has 1 atom stereocenters. The Kier molecular flexibility index (Phi) is 6.89. The van der Waals surface area contributed by atoms with Crippen LogP contribution in [-0.2, 0) is 18.2 Å². The van der Waals surface area contributed by atoms with Gasteiger partial charge in [-0.3, -0.25) is 4.68 Å². The van der Waals surface area contributed by atoms with E-state index in [0.29, 0.717) is 6.04 Å². The molecule has 0 bridgehead atoms. The second-order valence-electron chi connectivity index (χ2n) is 4.45.